The summed E-state index contributed by atoms with van der Waals surface area (Å²) >= 11 is 0. The van der Waals surface area contributed by atoms with E-state index in [4.69, 9.17) is 5.73 Å². The van der Waals surface area contributed by atoms with Crippen LogP contribution in [0.5, 0.6) is 0 Å². The number of rotatable bonds is 2. The highest BCUT2D eigenvalue weighted by atomic mass is 16.1. The molecular formula is C16H21N3O2. The number of Topliss-reactive ketones (excluding diaryl/α,β-unsaturated/α-hetero) is 1. The van der Waals surface area contributed by atoms with Crippen LogP contribution in [-0.4, -0.2) is 30.8 Å². The van der Waals surface area contributed by atoms with E-state index in [-0.39, 0.29) is 11.7 Å². The molecule has 2 aliphatic heterocycles. The normalized spacial score (nSPS) is 25.2. The predicted molar refractivity (Wildman–Crippen MR) is 82.3 cm³/mol. The SMILES string of the molecule is CC(=O)c1ccc(N2CCC3NC(=O)CCC3C2)cc1N. The van der Waals surface area contributed by atoms with E-state index < -0.39 is 0 Å². The molecule has 1 amide bonds. The van der Waals surface area contributed by atoms with Crippen molar-refractivity contribution in [3.63, 3.8) is 0 Å². The Balaban J connectivity index is 1.75. The lowest BCUT2D eigenvalue weighted by Crippen LogP contribution is -2.54. The molecule has 2 saturated heterocycles. The molecule has 1 aromatic carbocycles. The third-order valence-corrected chi connectivity index (χ3v) is 4.60. The number of amides is 1. The minimum atomic E-state index is -0.00671. The maximum absolute atomic E-state index is 11.4. The highest BCUT2D eigenvalue weighted by molar-refractivity contribution is 5.99. The van der Waals surface area contributed by atoms with Gasteiger partial charge in [0.25, 0.3) is 0 Å². The standard InChI is InChI=1S/C16H21N3O2/c1-10(20)13-4-3-12(8-14(13)17)19-7-6-15-11(9-19)2-5-16(21)18-15/h3-4,8,11,15H,2,5-7,9,17H2,1H3,(H,18,21). The Bertz CT molecular complexity index is 585. The van der Waals surface area contributed by atoms with Crippen LogP contribution in [0.25, 0.3) is 0 Å². The van der Waals surface area contributed by atoms with Crippen molar-refractivity contribution in [2.45, 2.75) is 32.2 Å². The van der Waals surface area contributed by atoms with E-state index in [2.05, 4.69) is 10.2 Å². The fourth-order valence-corrected chi connectivity index (χ4v) is 3.41. The zero-order valence-corrected chi connectivity index (χ0v) is 12.3. The van der Waals surface area contributed by atoms with E-state index in [1.807, 2.05) is 18.2 Å². The maximum atomic E-state index is 11.4. The fourth-order valence-electron chi connectivity index (χ4n) is 3.41. The molecule has 2 atom stereocenters. The number of hydrogen-bond donors (Lipinski definition) is 2. The number of carbonyl (C=O) groups excluding carboxylic acids is 2. The summed E-state index contributed by atoms with van der Waals surface area (Å²) < 4.78 is 0. The average Bonchev–Trinajstić information content (AvgIpc) is 2.46. The zero-order valence-electron chi connectivity index (χ0n) is 12.3. The van der Waals surface area contributed by atoms with Gasteiger partial charge in [0.2, 0.25) is 5.91 Å². The second kappa shape index (κ2) is 5.39. The van der Waals surface area contributed by atoms with Gasteiger partial charge < -0.3 is 16.0 Å². The van der Waals surface area contributed by atoms with Gasteiger partial charge in [0.05, 0.1) is 0 Å². The Kier molecular flexibility index (Phi) is 3.57. The first-order chi connectivity index (χ1) is 10.0. The van der Waals surface area contributed by atoms with Crippen LogP contribution in [0.1, 0.15) is 36.5 Å². The van der Waals surface area contributed by atoms with Crippen molar-refractivity contribution in [3.05, 3.63) is 23.8 Å². The van der Waals surface area contributed by atoms with E-state index in [1.165, 1.54) is 6.92 Å². The Morgan fingerprint density at radius 2 is 2.19 bits per heavy atom. The minimum Gasteiger partial charge on any atom is -0.398 e. The molecule has 0 aliphatic carbocycles. The molecule has 2 fully saturated rings. The molecule has 1 aromatic rings. The number of anilines is 2. The number of nitrogens with two attached hydrogens (primary N) is 1. The molecular weight excluding hydrogens is 266 g/mol. The largest absolute Gasteiger partial charge is 0.398 e. The Hall–Kier alpha value is -2.04. The fraction of sp³-hybridized carbons (Fsp3) is 0.500. The number of piperidine rings is 2. The number of nitrogens with one attached hydrogen (secondary N) is 1. The molecule has 2 unspecified atom stereocenters. The lowest BCUT2D eigenvalue weighted by molar-refractivity contribution is -0.124. The van der Waals surface area contributed by atoms with Crippen molar-refractivity contribution in [1.29, 1.82) is 0 Å². The van der Waals surface area contributed by atoms with E-state index in [1.54, 1.807) is 0 Å². The van der Waals surface area contributed by atoms with Gasteiger partial charge in [-0.25, -0.2) is 0 Å². The van der Waals surface area contributed by atoms with Gasteiger partial charge >= 0.3 is 0 Å². The summed E-state index contributed by atoms with van der Waals surface area (Å²) in [6.45, 7) is 3.37. The van der Waals surface area contributed by atoms with Crippen molar-refractivity contribution < 1.29 is 9.59 Å². The first-order valence-corrected chi connectivity index (χ1v) is 7.49. The quantitative estimate of drug-likeness (QED) is 0.639. The molecule has 0 radical (unpaired) electrons. The van der Waals surface area contributed by atoms with E-state index >= 15 is 0 Å². The van der Waals surface area contributed by atoms with E-state index in [0.717, 1.165) is 31.6 Å². The summed E-state index contributed by atoms with van der Waals surface area (Å²) in [4.78, 5) is 25.2. The van der Waals surface area contributed by atoms with Crippen LogP contribution in [0.15, 0.2) is 18.2 Å². The van der Waals surface area contributed by atoms with Gasteiger partial charge in [0.1, 0.15) is 0 Å². The summed E-state index contributed by atoms with van der Waals surface area (Å²) in [7, 11) is 0. The molecule has 112 valence electrons. The van der Waals surface area contributed by atoms with Crippen molar-refractivity contribution in [3.8, 4) is 0 Å². The molecule has 3 N–H and O–H groups in total. The van der Waals surface area contributed by atoms with Crippen LogP contribution in [0.2, 0.25) is 0 Å². The average molecular weight is 287 g/mol. The lowest BCUT2D eigenvalue weighted by atomic mass is 9.85. The molecule has 2 heterocycles. The Labute approximate surface area is 124 Å². The van der Waals surface area contributed by atoms with Crippen LogP contribution >= 0.6 is 0 Å². The molecule has 0 spiro atoms. The van der Waals surface area contributed by atoms with Crippen LogP contribution in [0.3, 0.4) is 0 Å². The number of fused-ring (bicyclic) bond motifs is 1. The second-order valence-corrected chi connectivity index (χ2v) is 6.04. The predicted octanol–water partition coefficient (Wildman–Crippen LogP) is 1.58. The first kappa shape index (κ1) is 13.9. The smallest absolute Gasteiger partial charge is 0.220 e. The molecule has 3 rings (SSSR count). The van der Waals surface area contributed by atoms with Crippen LogP contribution < -0.4 is 16.0 Å². The summed E-state index contributed by atoms with van der Waals surface area (Å²) in [6.07, 6.45) is 2.54. The van der Waals surface area contributed by atoms with Gasteiger partial charge in [0.15, 0.2) is 5.78 Å². The molecule has 0 aromatic heterocycles. The van der Waals surface area contributed by atoms with Gasteiger partial charge in [-0.1, -0.05) is 0 Å². The van der Waals surface area contributed by atoms with E-state index in [9.17, 15) is 9.59 Å². The van der Waals surface area contributed by atoms with Crippen LogP contribution in [-0.2, 0) is 4.79 Å². The number of benzene rings is 1. The number of ketones is 1. The van der Waals surface area contributed by atoms with Gasteiger partial charge in [-0.2, -0.15) is 0 Å². The summed E-state index contributed by atoms with van der Waals surface area (Å²) in [5.41, 5.74) is 8.16. The number of nitrogens with zero attached hydrogens (tertiary/aromatic N) is 1. The first-order valence-electron chi connectivity index (χ1n) is 7.49. The summed E-state index contributed by atoms with van der Waals surface area (Å²) in [5, 5.41) is 3.09. The number of carbonyl (C=O) groups is 2. The molecule has 5 nitrogen and oxygen atoms in total. The van der Waals surface area contributed by atoms with Crippen LogP contribution in [0.4, 0.5) is 11.4 Å². The molecule has 21 heavy (non-hydrogen) atoms. The van der Waals surface area contributed by atoms with Gasteiger partial charge in [0, 0.05) is 42.5 Å². The molecule has 0 saturated carbocycles. The number of nitrogen functional groups attached to an aromatic ring is 1. The number of hydrogen-bond acceptors (Lipinski definition) is 4. The van der Waals surface area contributed by atoms with Crippen LogP contribution in [0, 0.1) is 5.92 Å². The van der Waals surface area contributed by atoms with Crippen molar-refractivity contribution in [2.24, 2.45) is 5.92 Å². The highest BCUT2D eigenvalue weighted by Crippen LogP contribution is 2.30. The third-order valence-electron chi connectivity index (χ3n) is 4.60. The van der Waals surface area contributed by atoms with Gasteiger partial charge in [-0.3, -0.25) is 9.59 Å². The maximum Gasteiger partial charge on any atom is 0.220 e. The molecule has 5 heteroatoms. The molecule has 0 bridgehead atoms. The van der Waals surface area contributed by atoms with Gasteiger partial charge in [-0.15, -0.1) is 0 Å². The second-order valence-electron chi connectivity index (χ2n) is 6.04. The molecule has 2 aliphatic rings. The Morgan fingerprint density at radius 1 is 1.38 bits per heavy atom. The van der Waals surface area contributed by atoms with Gasteiger partial charge in [-0.05, 0) is 43.9 Å². The summed E-state index contributed by atoms with van der Waals surface area (Å²) in [6, 6.07) is 5.98. The third kappa shape index (κ3) is 2.73. The van der Waals surface area contributed by atoms with Crippen molar-refractivity contribution in [1.82, 2.24) is 5.32 Å². The highest BCUT2D eigenvalue weighted by Gasteiger charge is 2.33. The zero-order chi connectivity index (χ0) is 15.0. The lowest BCUT2D eigenvalue weighted by Gasteiger charge is -2.42. The minimum absolute atomic E-state index is 0.00671. The van der Waals surface area contributed by atoms with Crippen molar-refractivity contribution in [2.75, 3.05) is 23.7 Å². The Morgan fingerprint density at radius 3 is 2.90 bits per heavy atom. The monoisotopic (exact) mass is 287 g/mol. The van der Waals surface area contributed by atoms with Crippen molar-refractivity contribution >= 4 is 23.1 Å². The summed E-state index contributed by atoms with van der Waals surface area (Å²) in [5.74, 6) is 0.678. The topological polar surface area (TPSA) is 75.4 Å². The van der Waals surface area contributed by atoms with E-state index in [0.29, 0.717) is 29.6 Å².